The van der Waals surface area contributed by atoms with Gasteiger partial charge in [0.2, 0.25) is 0 Å². The van der Waals surface area contributed by atoms with Crippen LogP contribution in [0.3, 0.4) is 0 Å². The zero-order valence-electron chi connectivity index (χ0n) is 4.07. The molecule has 0 radical (unpaired) electrons. The van der Waals surface area contributed by atoms with Crippen molar-refractivity contribution in [3.05, 3.63) is 11.7 Å². The number of carbonyl (C=O) groups excluding carboxylic acids is 1. The smallest absolute Gasteiger partial charge is 0.274 e. The van der Waals surface area contributed by atoms with Gasteiger partial charge in [0, 0.05) is 5.57 Å². The van der Waals surface area contributed by atoms with Crippen molar-refractivity contribution in [2.45, 2.75) is 6.92 Å². The van der Waals surface area contributed by atoms with Crippen LogP contribution in [0.4, 0.5) is 8.78 Å². The second-order valence-electron chi connectivity index (χ2n) is 1.17. The highest BCUT2D eigenvalue weighted by Gasteiger charge is 1.97. The van der Waals surface area contributed by atoms with Crippen LogP contribution in [0.25, 0.3) is 0 Å². The quantitative estimate of drug-likeness (QED) is 0.455. The highest BCUT2D eigenvalue weighted by atomic mass is 19.3. The first-order chi connectivity index (χ1) is 3.55. The third-order valence-electron chi connectivity index (χ3n) is 0.590. The van der Waals surface area contributed by atoms with Gasteiger partial charge in [-0.15, -0.1) is 0 Å². The van der Waals surface area contributed by atoms with Crippen LogP contribution in [-0.4, -0.2) is 5.97 Å². The zero-order chi connectivity index (χ0) is 6.73. The number of aliphatic carboxylic acids is 1. The molecule has 0 aliphatic rings. The summed E-state index contributed by atoms with van der Waals surface area (Å²) < 4.78 is 22.3. The Kier molecular flexibility index (Phi) is 2.12. The Bertz CT molecular complexity index is 135. The molecular formula is C4H3F2O2-. The molecule has 0 heterocycles. The van der Waals surface area contributed by atoms with Crippen LogP contribution >= 0.6 is 0 Å². The van der Waals surface area contributed by atoms with Crippen molar-refractivity contribution >= 4 is 5.97 Å². The van der Waals surface area contributed by atoms with E-state index >= 15 is 0 Å². The molecule has 0 saturated carbocycles. The van der Waals surface area contributed by atoms with E-state index in [-0.39, 0.29) is 0 Å². The molecule has 2 nitrogen and oxygen atoms in total. The second-order valence-corrected chi connectivity index (χ2v) is 1.17. The number of halogens is 2. The molecule has 0 rings (SSSR count). The summed E-state index contributed by atoms with van der Waals surface area (Å²) in [5.41, 5.74) is -1.01. The van der Waals surface area contributed by atoms with E-state index in [1.807, 2.05) is 0 Å². The molecule has 0 unspecified atom stereocenters. The number of carboxylic acids is 1. The summed E-state index contributed by atoms with van der Waals surface area (Å²) in [4.78, 5) is 9.49. The number of hydrogen-bond donors (Lipinski definition) is 0. The summed E-state index contributed by atoms with van der Waals surface area (Å²) in [6.07, 6.45) is -2.20. The Labute approximate surface area is 44.4 Å². The third-order valence-corrected chi connectivity index (χ3v) is 0.590. The van der Waals surface area contributed by atoms with Crippen LogP contribution in [0.5, 0.6) is 0 Å². The lowest BCUT2D eigenvalue weighted by Crippen LogP contribution is -2.23. The largest absolute Gasteiger partial charge is 0.545 e. The molecule has 0 saturated heterocycles. The first-order valence-corrected chi connectivity index (χ1v) is 1.79. The van der Waals surface area contributed by atoms with Crippen molar-refractivity contribution in [2.24, 2.45) is 0 Å². The fourth-order valence-electron chi connectivity index (χ4n) is 0.0772. The number of hydrogen-bond acceptors (Lipinski definition) is 2. The Balaban J connectivity index is 4.23. The van der Waals surface area contributed by atoms with Gasteiger partial charge in [-0.25, -0.2) is 0 Å². The predicted octanol–water partition coefficient (Wildman–Crippen LogP) is -0.0932. The van der Waals surface area contributed by atoms with Gasteiger partial charge < -0.3 is 9.90 Å². The molecule has 0 N–H and O–H groups in total. The maximum Gasteiger partial charge on any atom is 0.274 e. The van der Waals surface area contributed by atoms with E-state index in [2.05, 4.69) is 0 Å². The summed E-state index contributed by atoms with van der Waals surface area (Å²) >= 11 is 0. The molecule has 0 aliphatic heterocycles. The van der Waals surface area contributed by atoms with Crippen molar-refractivity contribution in [3.8, 4) is 0 Å². The molecule has 46 valence electrons. The SMILES string of the molecule is CC(C(=O)[O-])=C(F)F. The average molecular weight is 121 g/mol. The van der Waals surface area contributed by atoms with Crippen LogP contribution in [0.15, 0.2) is 11.7 Å². The van der Waals surface area contributed by atoms with Crippen molar-refractivity contribution in [1.29, 1.82) is 0 Å². The average Bonchev–Trinajstić information content (AvgIpc) is 1.64. The fraction of sp³-hybridized carbons (Fsp3) is 0.250. The lowest BCUT2D eigenvalue weighted by molar-refractivity contribution is -0.299. The highest BCUT2D eigenvalue weighted by molar-refractivity contribution is 5.83. The van der Waals surface area contributed by atoms with Gasteiger partial charge in [0.05, 0.1) is 5.97 Å². The highest BCUT2D eigenvalue weighted by Crippen LogP contribution is 2.04. The molecular weight excluding hydrogens is 118 g/mol. The summed E-state index contributed by atoms with van der Waals surface area (Å²) in [5.74, 6) is -1.83. The molecule has 0 amide bonds. The molecule has 0 spiro atoms. The van der Waals surface area contributed by atoms with Gasteiger partial charge in [-0.1, -0.05) is 0 Å². The standard InChI is InChI=1S/C4H4F2O2/c1-2(3(5)6)4(7)8/h1H3,(H,7,8)/p-1. The third kappa shape index (κ3) is 1.68. The van der Waals surface area contributed by atoms with E-state index in [9.17, 15) is 18.7 Å². The first-order valence-electron chi connectivity index (χ1n) is 1.79. The molecule has 0 atom stereocenters. The number of carbonyl (C=O) groups is 1. The Morgan fingerprint density at radius 2 is 1.88 bits per heavy atom. The molecule has 8 heavy (non-hydrogen) atoms. The maximum atomic E-state index is 11.1. The lowest BCUT2D eigenvalue weighted by atomic mass is 10.3. The van der Waals surface area contributed by atoms with E-state index in [1.54, 1.807) is 0 Å². The van der Waals surface area contributed by atoms with Gasteiger partial charge in [0.25, 0.3) is 6.08 Å². The molecule has 0 fully saturated rings. The minimum Gasteiger partial charge on any atom is -0.545 e. The lowest BCUT2D eigenvalue weighted by Gasteiger charge is -1.96. The monoisotopic (exact) mass is 121 g/mol. The molecule has 0 bridgehead atoms. The predicted molar refractivity (Wildman–Crippen MR) is 19.9 cm³/mol. The van der Waals surface area contributed by atoms with Gasteiger partial charge in [-0.2, -0.15) is 8.78 Å². The van der Waals surface area contributed by atoms with Gasteiger partial charge in [0.1, 0.15) is 0 Å². The van der Waals surface area contributed by atoms with Crippen molar-refractivity contribution in [3.63, 3.8) is 0 Å². The van der Waals surface area contributed by atoms with E-state index in [1.165, 1.54) is 0 Å². The zero-order valence-corrected chi connectivity index (χ0v) is 4.07. The summed E-state index contributed by atoms with van der Waals surface area (Å²) in [5, 5.41) is 9.49. The van der Waals surface area contributed by atoms with Crippen LogP contribution < -0.4 is 5.11 Å². The topological polar surface area (TPSA) is 40.1 Å². The Morgan fingerprint density at radius 3 is 1.88 bits per heavy atom. The first kappa shape index (κ1) is 7.07. The Morgan fingerprint density at radius 1 is 1.50 bits per heavy atom. The van der Waals surface area contributed by atoms with Crippen molar-refractivity contribution in [1.82, 2.24) is 0 Å². The minimum atomic E-state index is -2.20. The van der Waals surface area contributed by atoms with E-state index in [0.29, 0.717) is 0 Å². The molecule has 0 aliphatic carbocycles. The van der Waals surface area contributed by atoms with Crippen LogP contribution in [-0.2, 0) is 4.79 Å². The summed E-state index contributed by atoms with van der Waals surface area (Å²) in [6.45, 7) is 0.782. The van der Waals surface area contributed by atoms with Gasteiger partial charge >= 0.3 is 0 Å². The van der Waals surface area contributed by atoms with E-state index < -0.39 is 17.6 Å². The van der Waals surface area contributed by atoms with Gasteiger partial charge in [-0.05, 0) is 6.92 Å². The van der Waals surface area contributed by atoms with Crippen LogP contribution in [0.1, 0.15) is 6.92 Å². The second kappa shape index (κ2) is 2.40. The molecule has 0 aromatic heterocycles. The molecule has 0 aromatic carbocycles. The van der Waals surface area contributed by atoms with Crippen LogP contribution in [0.2, 0.25) is 0 Å². The van der Waals surface area contributed by atoms with Crippen LogP contribution in [0, 0.1) is 0 Å². The number of carboxylic acid groups (broad SMARTS) is 1. The van der Waals surface area contributed by atoms with Crippen molar-refractivity contribution < 1.29 is 18.7 Å². The maximum absolute atomic E-state index is 11.1. The van der Waals surface area contributed by atoms with Gasteiger partial charge in [0.15, 0.2) is 0 Å². The molecule has 0 aromatic rings. The van der Waals surface area contributed by atoms with Gasteiger partial charge in [-0.3, -0.25) is 0 Å². The minimum absolute atomic E-state index is 0.782. The fourth-order valence-corrected chi connectivity index (χ4v) is 0.0772. The summed E-state index contributed by atoms with van der Waals surface area (Å²) in [7, 11) is 0. The Hall–Kier alpha value is -0.930. The number of rotatable bonds is 1. The molecule has 4 heteroatoms. The van der Waals surface area contributed by atoms with Crippen molar-refractivity contribution in [2.75, 3.05) is 0 Å². The summed E-state index contributed by atoms with van der Waals surface area (Å²) in [6, 6.07) is 0. The van der Waals surface area contributed by atoms with E-state index in [0.717, 1.165) is 6.92 Å². The van der Waals surface area contributed by atoms with E-state index in [4.69, 9.17) is 0 Å². The normalized spacial score (nSPS) is 8.38.